The summed E-state index contributed by atoms with van der Waals surface area (Å²) < 4.78 is -0.229. The van der Waals surface area contributed by atoms with Crippen LogP contribution in [0.4, 0.5) is 22.0 Å². The van der Waals surface area contributed by atoms with Gasteiger partial charge < -0.3 is 20.5 Å². The van der Waals surface area contributed by atoms with E-state index in [1.165, 1.54) is 11.1 Å². The molecule has 7 heteroatoms. The van der Waals surface area contributed by atoms with Crippen LogP contribution in [0, 0.1) is 5.21 Å². The topological polar surface area (TPSA) is 89.1 Å². The van der Waals surface area contributed by atoms with E-state index in [1.807, 2.05) is 30.5 Å². The third kappa shape index (κ3) is 2.79. The highest BCUT2D eigenvalue weighted by Gasteiger charge is 2.45. The number of benzene rings is 1. The summed E-state index contributed by atoms with van der Waals surface area (Å²) in [4.78, 5) is 16.9. The summed E-state index contributed by atoms with van der Waals surface area (Å²) in [5.41, 5.74) is 4.93. The molecule has 3 aliphatic rings. The first-order chi connectivity index (χ1) is 13.1. The summed E-state index contributed by atoms with van der Waals surface area (Å²) in [5, 5.41) is 22.2. The van der Waals surface area contributed by atoms with Crippen LogP contribution in [0.5, 0.6) is 0 Å². The minimum atomic E-state index is -0.325. The van der Waals surface area contributed by atoms with Crippen molar-refractivity contribution in [3.8, 4) is 0 Å². The lowest BCUT2D eigenvalue weighted by Gasteiger charge is -2.39. The average Bonchev–Trinajstić information content (AvgIpc) is 3.16. The van der Waals surface area contributed by atoms with E-state index < -0.39 is 0 Å². The average molecular weight is 365 g/mol. The molecular formula is C20H23N5O2. The van der Waals surface area contributed by atoms with Gasteiger partial charge in [0.15, 0.2) is 0 Å². The molecule has 2 atom stereocenters. The Morgan fingerprint density at radius 3 is 3.15 bits per heavy atom. The maximum absolute atomic E-state index is 13.1. The van der Waals surface area contributed by atoms with Crippen LogP contribution < -0.4 is 20.6 Å². The molecule has 4 heterocycles. The van der Waals surface area contributed by atoms with E-state index in [0.717, 1.165) is 55.7 Å². The number of hydrogen-bond donors (Lipinski definition) is 3. The molecule has 2 amide bonds. The second kappa shape index (κ2) is 6.30. The first-order valence-electron chi connectivity index (χ1n) is 9.61. The predicted molar refractivity (Wildman–Crippen MR) is 105 cm³/mol. The van der Waals surface area contributed by atoms with Gasteiger partial charge in [-0.05, 0) is 42.3 Å². The van der Waals surface area contributed by atoms with E-state index in [0.29, 0.717) is 12.4 Å². The van der Waals surface area contributed by atoms with Gasteiger partial charge >= 0.3 is 6.03 Å². The normalized spacial score (nSPS) is 25.4. The maximum Gasteiger partial charge on any atom is 0.324 e. The highest BCUT2D eigenvalue weighted by atomic mass is 16.6. The zero-order valence-electron chi connectivity index (χ0n) is 15.1. The number of rotatable bonds is 2. The van der Waals surface area contributed by atoms with Crippen LogP contribution in [0.3, 0.4) is 0 Å². The van der Waals surface area contributed by atoms with Crippen molar-refractivity contribution in [3.63, 3.8) is 0 Å². The van der Waals surface area contributed by atoms with Gasteiger partial charge in [0, 0.05) is 37.6 Å². The molecule has 3 N–H and O–H groups in total. The van der Waals surface area contributed by atoms with Gasteiger partial charge in [-0.15, -0.1) is 0 Å². The number of carbonyl (C=O) groups is 1. The Morgan fingerprint density at radius 1 is 1.30 bits per heavy atom. The van der Waals surface area contributed by atoms with Gasteiger partial charge in [0.2, 0.25) is 0 Å². The molecule has 27 heavy (non-hydrogen) atoms. The molecule has 5 rings (SSSR count). The van der Waals surface area contributed by atoms with Crippen molar-refractivity contribution < 1.29 is 4.79 Å². The van der Waals surface area contributed by atoms with Crippen molar-refractivity contribution >= 4 is 23.2 Å². The monoisotopic (exact) mass is 365 g/mol. The van der Waals surface area contributed by atoms with Gasteiger partial charge in [0.25, 0.3) is 0 Å². The number of aromatic nitrogens is 1. The summed E-state index contributed by atoms with van der Waals surface area (Å²) in [6.45, 7) is 2.40. The van der Waals surface area contributed by atoms with Crippen LogP contribution in [-0.2, 0) is 19.4 Å². The van der Waals surface area contributed by atoms with Gasteiger partial charge in [-0.25, -0.2) is 9.78 Å². The minimum absolute atomic E-state index is 0.0990. The smallest absolute Gasteiger partial charge is 0.324 e. The van der Waals surface area contributed by atoms with Crippen molar-refractivity contribution in [2.75, 3.05) is 23.7 Å². The fraction of sp³-hybridized carbons (Fsp3) is 0.400. The summed E-state index contributed by atoms with van der Waals surface area (Å²) in [7, 11) is 0. The lowest BCUT2D eigenvalue weighted by atomic mass is 10.0. The number of nitrogens with zero attached hydrogens (tertiary/aromatic N) is 2. The maximum atomic E-state index is 13.1. The number of quaternary nitrogens is 1. The molecule has 1 aromatic carbocycles. The Bertz CT molecular complexity index is 915. The Morgan fingerprint density at radius 2 is 2.22 bits per heavy atom. The van der Waals surface area contributed by atoms with E-state index in [1.54, 1.807) is 0 Å². The number of urea groups is 1. The quantitative estimate of drug-likeness (QED) is 0.564. The summed E-state index contributed by atoms with van der Waals surface area (Å²) in [6.07, 6.45) is 5.42. The van der Waals surface area contributed by atoms with Gasteiger partial charge in [-0.3, -0.25) is 5.32 Å². The third-order valence-corrected chi connectivity index (χ3v) is 6.08. The lowest BCUT2D eigenvalue weighted by molar-refractivity contribution is 0.262. The van der Waals surface area contributed by atoms with Crippen LogP contribution in [-0.4, -0.2) is 30.1 Å². The lowest BCUT2D eigenvalue weighted by Crippen LogP contribution is -2.44. The molecule has 0 spiro atoms. The van der Waals surface area contributed by atoms with Gasteiger partial charge in [-0.1, -0.05) is 6.07 Å². The van der Waals surface area contributed by atoms with E-state index >= 15 is 0 Å². The highest BCUT2D eigenvalue weighted by molar-refractivity contribution is 6.00. The Kier molecular flexibility index (Phi) is 3.89. The molecule has 0 radical (unpaired) electrons. The van der Waals surface area contributed by atoms with Crippen LogP contribution in [0.25, 0.3) is 0 Å². The number of fused-ring (bicyclic) bond motifs is 4. The minimum Gasteiger partial charge on any atom is -0.627 e. The molecule has 1 aromatic heterocycles. The van der Waals surface area contributed by atoms with E-state index in [2.05, 4.69) is 20.9 Å². The van der Waals surface area contributed by atoms with E-state index in [9.17, 15) is 10.0 Å². The van der Waals surface area contributed by atoms with E-state index in [-0.39, 0.29) is 16.7 Å². The van der Waals surface area contributed by atoms with Crippen LogP contribution in [0.2, 0.25) is 0 Å². The van der Waals surface area contributed by atoms with Crippen molar-refractivity contribution in [1.29, 1.82) is 0 Å². The molecule has 7 nitrogen and oxygen atoms in total. The second-order valence-corrected chi connectivity index (χ2v) is 7.67. The van der Waals surface area contributed by atoms with Crippen LogP contribution in [0.15, 0.2) is 30.5 Å². The molecule has 2 aromatic rings. The molecule has 2 unspecified atom stereocenters. The Labute approximate surface area is 158 Å². The largest absolute Gasteiger partial charge is 0.627 e. The number of carbonyl (C=O) groups excluding carboxylic acids is 1. The number of nitrogens with one attached hydrogen (secondary N) is 3. The molecule has 1 fully saturated rings. The zero-order valence-corrected chi connectivity index (χ0v) is 15.1. The van der Waals surface area contributed by atoms with Gasteiger partial charge in [0.1, 0.15) is 11.5 Å². The Hall–Kier alpha value is -2.48. The fourth-order valence-electron chi connectivity index (χ4n) is 4.72. The summed E-state index contributed by atoms with van der Waals surface area (Å²) >= 11 is 0. The first kappa shape index (κ1) is 16.7. The molecular weight excluding hydrogens is 342 g/mol. The van der Waals surface area contributed by atoms with Gasteiger partial charge in [0.05, 0.1) is 18.3 Å². The number of hydrogen-bond acceptors (Lipinski definition) is 4. The van der Waals surface area contributed by atoms with Gasteiger partial charge in [-0.2, -0.15) is 0 Å². The third-order valence-electron chi connectivity index (χ3n) is 6.08. The van der Waals surface area contributed by atoms with Crippen LogP contribution in [0.1, 0.15) is 29.5 Å². The number of pyridine rings is 1. The van der Waals surface area contributed by atoms with Crippen molar-refractivity contribution in [1.82, 2.24) is 14.9 Å². The first-order valence-corrected chi connectivity index (χ1v) is 9.61. The number of hydroxylamine groups is 2. The SMILES string of the molecule is O=C(Nc1cc2c(cn1)CNCC2)Nc1cccc2c1CC1CCC[N+]21[O-]. The molecule has 0 saturated carbocycles. The Balaban J connectivity index is 1.34. The second-order valence-electron chi connectivity index (χ2n) is 7.67. The van der Waals surface area contributed by atoms with Crippen molar-refractivity contribution in [2.24, 2.45) is 0 Å². The predicted octanol–water partition coefficient (Wildman–Crippen LogP) is 2.89. The molecule has 140 valence electrons. The molecule has 0 bridgehead atoms. The summed E-state index contributed by atoms with van der Waals surface area (Å²) in [5.74, 6) is 0.550. The molecule has 1 saturated heterocycles. The van der Waals surface area contributed by atoms with Crippen molar-refractivity contribution in [3.05, 3.63) is 52.4 Å². The highest BCUT2D eigenvalue weighted by Crippen LogP contribution is 2.46. The zero-order chi connectivity index (χ0) is 18.4. The van der Waals surface area contributed by atoms with Crippen LogP contribution >= 0.6 is 0 Å². The number of amides is 2. The van der Waals surface area contributed by atoms with E-state index in [4.69, 9.17) is 0 Å². The molecule has 3 aliphatic heterocycles. The summed E-state index contributed by atoms with van der Waals surface area (Å²) in [6, 6.07) is 7.36. The molecule has 0 aliphatic carbocycles. The fourth-order valence-corrected chi connectivity index (χ4v) is 4.72. The standard InChI is InChI=1S/C20H23N5O2/c26-20(24-19-9-13-6-7-21-11-14(13)12-22-19)23-17-4-1-5-18-16(17)10-15-3-2-8-25(15,18)27/h1,4-5,9,12,15,21H,2-3,6-8,10-11H2,(H2,22,23,24,26). The number of anilines is 2. The van der Waals surface area contributed by atoms with Crippen molar-refractivity contribution in [2.45, 2.75) is 38.3 Å².